The molecular formula is C22H22ClN3O3S. The number of hydrogen-bond donors (Lipinski definition) is 1. The SMILES string of the molecule is Cc1nc(NC(=O)c2c3c(nc4ccc(Cl)cc24)CCC3)sc1C(=O)OCC(C)C. The molecule has 3 aromatic rings. The van der Waals surface area contributed by atoms with Crippen LogP contribution >= 0.6 is 22.9 Å². The van der Waals surface area contributed by atoms with Crippen LogP contribution in [0.15, 0.2) is 18.2 Å². The van der Waals surface area contributed by atoms with Crippen molar-refractivity contribution in [3.63, 3.8) is 0 Å². The summed E-state index contributed by atoms with van der Waals surface area (Å²) in [4.78, 5) is 35.1. The predicted octanol–water partition coefficient (Wildman–Crippen LogP) is 5.21. The number of aromatic nitrogens is 2. The van der Waals surface area contributed by atoms with Crippen LogP contribution in [0.3, 0.4) is 0 Å². The van der Waals surface area contributed by atoms with E-state index in [1.165, 1.54) is 0 Å². The maximum Gasteiger partial charge on any atom is 0.350 e. The van der Waals surface area contributed by atoms with Gasteiger partial charge >= 0.3 is 5.97 Å². The van der Waals surface area contributed by atoms with Gasteiger partial charge < -0.3 is 4.74 Å². The molecule has 2 heterocycles. The average Bonchev–Trinajstić information content (AvgIpc) is 3.30. The summed E-state index contributed by atoms with van der Waals surface area (Å²) < 4.78 is 5.30. The number of nitrogens with one attached hydrogen (secondary N) is 1. The lowest BCUT2D eigenvalue weighted by Gasteiger charge is -2.12. The maximum atomic E-state index is 13.3. The van der Waals surface area contributed by atoms with Crippen molar-refractivity contribution in [3.8, 4) is 0 Å². The van der Waals surface area contributed by atoms with Gasteiger partial charge in [-0.05, 0) is 55.9 Å². The maximum absolute atomic E-state index is 13.3. The highest BCUT2D eigenvalue weighted by Gasteiger charge is 2.25. The van der Waals surface area contributed by atoms with E-state index in [-0.39, 0.29) is 11.8 Å². The Morgan fingerprint density at radius 3 is 2.83 bits per heavy atom. The van der Waals surface area contributed by atoms with Crippen molar-refractivity contribution in [3.05, 3.63) is 50.6 Å². The first-order valence-electron chi connectivity index (χ1n) is 9.90. The Bertz CT molecular complexity index is 1160. The zero-order valence-corrected chi connectivity index (χ0v) is 18.6. The van der Waals surface area contributed by atoms with E-state index >= 15 is 0 Å². The Labute approximate surface area is 183 Å². The topological polar surface area (TPSA) is 81.2 Å². The number of carbonyl (C=O) groups is 2. The van der Waals surface area contributed by atoms with E-state index in [2.05, 4.69) is 10.3 Å². The van der Waals surface area contributed by atoms with Gasteiger partial charge in [0, 0.05) is 16.1 Å². The van der Waals surface area contributed by atoms with Crippen molar-refractivity contribution in [1.29, 1.82) is 0 Å². The van der Waals surface area contributed by atoms with Crippen molar-refractivity contribution in [2.75, 3.05) is 11.9 Å². The molecule has 1 aromatic carbocycles. The number of anilines is 1. The number of esters is 1. The van der Waals surface area contributed by atoms with Gasteiger partial charge in [0.1, 0.15) is 4.88 Å². The van der Waals surface area contributed by atoms with Gasteiger partial charge in [0.25, 0.3) is 5.91 Å². The van der Waals surface area contributed by atoms with Gasteiger partial charge in [-0.25, -0.2) is 9.78 Å². The summed E-state index contributed by atoms with van der Waals surface area (Å²) in [5.41, 5.74) is 3.80. The fourth-order valence-corrected chi connectivity index (χ4v) is 4.63. The molecule has 0 saturated heterocycles. The lowest BCUT2D eigenvalue weighted by atomic mass is 10.0. The van der Waals surface area contributed by atoms with Crippen molar-refractivity contribution in [2.24, 2.45) is 5.92 Å². The molecule has 0 aliphatic heterocycles. The minimum atomic E-state index is -0.416. The Morgan fingerprint density at radius 2 is 2.07 bits per heavy atom. The second kappa shape index (κ2) is 8.32. The molecule has 0 bridgehead atoms. The summed E-state index contributed by atoms with van der Waals surface area (Å²) in [6.07, 6.45) is 2.63. The lowest BCUT2D eigenvalue weighted by molar-refractivity contribution is 0.0463. The normalized spacial score (nSPS) is 13.0. The van der Waals surface area contributed by atoms with Crippen LogP contribution in [0.2, 0.25) is 5.02 Å². The molecule has 0 spiro atoms. The number of rotatable bonds is 5. The van der Waals surface area contributed by atoms with Crippen LogP contribution in [0.1, 0.15) is 57.2 Å². The van der Waals surface area contributed by atoms with Gasteiger partial charge in [-0.1, -0.05) is 36.8 Å². The third-order valence-electron chi connectivity index (χ3n) is 4.95. The molecule has 1 amide bonds. The third-order valence-corrected chi connectivity index (χ3v) is 6.24. The van der Waals surface area contributed by atoms with Crippen molar-refractivity contribution >= 4 is 50.8 Å². The second-order valence-corrected chi connectivity index (χ2v) is 9.24. The van der Waals surface area contributed by atoms with E-state index in [4.69, 9.17) is 21.3 Å². The molecule has 0 atom stereocenters. The number of carbonyl (C=O) groups excluding carboxylic acids is 2. The van der Waals surface area contributed by atoms with Crippen LogP contribution in [-0.4, -0.2) is 28.5 Å². The van der Waals surface area contributed by atoms with Gasteiger partial charge in [0.2, 0.25) is 0 Å². The van der Waals surface area contributed by atoms with Crippen LogP contribution in [0.25, 0.3) is 10.9 Å². The minimum Gasteiger partial charge on any atom is -0.461 e. The van der Waals surface area contributed by atoms with Gasteiger partial charge in [-0.3, -0.25) is 15.1 Å². The zero-order valence-electron chi connectivity index (χ0n) is 17.0. The van der Waals surface area contributed by atoms with Crippen LogP contribution < -0.4 is 5.32 Å². The van der Waals surface area contributed by atoms with Crippen LogP contribution in [0, 0.1) is 12.8 Å². The molecule has 30 heavy (non-hydrogen) atoms. The Morgan fingerprint density at radius 1 is 1.27 bits per heavy atom. The number of benzene rings is 1. The highest BCUT2D eigenvalue weighted by molar-refractivity contribution is 7.17. The monoisotopic (exact) mass is 443 g/mol. The average molecular weight is 444 g/mol. The van der Waals surface area contributed by atoms with Crippen molar-refractivity contribution in [1.82, 2.24) is 9.97 Å². The molecule has 6 nitrogen and oxygen atoms in total. The van der Waals surface area contributed by atoms with Gasteiger partial charge in [-0.15, -0.1) is 0 Å². The molecule has 0 unspecified atom stereocenters. The molecule has 156 valence electrons. The number of ether oxygens (including phenoxy) is 1. The molecule has 0 saturated carbocycles. The van der Waals surface area contributed by atoms with E-state index in [0.29, 0.717) is 32.9 Å². The number of fused-ring (bicyclic) bond motifs is 2. The second-order valence-electron chi connectivity index (χ2n) is 7.81. The Hall–Kier alpha value is -2.51. The lowest BCUT2D eigenvalue weighted by Crippen LogP contribution is -2.15. The van der Waals surface area contributed by atoms with E-state index in [1.54, 1.807) is 19.1 Å². The molecule has 8 heteroatoms. The van der Waals surface area contributed by atoms with Gasteiger partial charge in [0.15, 0.2) is 5.13 Å². The van der Waals surface area contributed by atoms with E-state index in [1.807, 2.05) is 19.9 Å². The third kappa shape index (κ3) is 4.04. The first-order valence-corrected chi connectivity index (χ1v) is 11.1. The zero-order chi connectivity index (χ0) is 21.4. The van der Waals surface area contributed by atoms with Crippen LogP contribution in [0.5, 0.6) is 0 Å². The van der Waals surface area contributed by atoms with Crippen LogP contribution in [0.4, 0.5) is 5.13 Å². The molecule has 2 aromatic heterocycles. The number of halogens is 1. The quantitative estimate of drug-likeness (QED) is 0.547. The first-order chi connectivity index (χ1) is 14.3. The number of nitrogens with zero attached hydrogens (tertiary/aromatic N) is 2. The largest absolute Gasteiger partial charge is 0.461 e. The fourth-order valence-electron chi connectivity index (χ4n) is 3.60. The highest BCUT2D eigenvalue weighted by Crippen LogP contribution is 2.32. The smallest absolute Gasteiger partial charge is 0.350 e. The molecule has 1 N–H and O–H groups in total. The number of hydrogen-bond acceptors (Lipinski definition) is 6. The highest BCUT2D eigenvalue weighted by atomic mass is 35.5. The van der Waals surface area contributed by atoms with Crippen LogP contribution in [-0.2, 0) is 17.6 Å². The molecule has 0 radical (unpaired) electrons. The van der Waals surface area contributed by atoms with E-state index < -0.39 is 5.97 Å². The number of thiazole rings is 1. The Kier molecular flexibility index (Phi) is 5.75. The molecule has 4 rings (SSSR count). The number of amides is 1. The van der Waals surface area contributed by atoms with Gasteiger partial charge in [0.05, 0.1) is 23.4 Å². The fraction of sp³-hybridized carbons (Fsp3) is 0.364. The molecule has 1 aliphatic carbocycles. The van der Waals surface area contributed by atoms with Gasteiger partial charge in [-0.2, -0.15) is 0 Å². The first kappa shape index (κ1) is 20.8. The number of pyridine rings is 1. The van der Waals surface area contributed by atoms with Crippen molar-refractivity contribution < 1.29 is 14.3 Å². The standard InChI is InChI=1S/C22H22ClN3O3S/c1-11(2)10-29-21(28)19-12(3)24-22(30-19)26-20(27)18-14-5-4-6-16(14)25-17-8-7-13(23)9-15(17)18/h7-9,11H,4-6,10H2,1-3H3,(H,24,26,27). The summed E-state index contributed by atoms with van der Waals surface area (Å²) in [6, 6.07) is 5.39. The van der Waals surface area contributed by atoms with E-state index in [0.717, 1.165) is 52.8 Å². The molecule has 0 fully saturated rings. The molecule has 1 aliphatic rings. The minimum absolute atomic E-state index is 0.246. The summed E-state index contributed by atoms with van der Waals surface area (Å²) in [6.45, 7) is 6.02. The van der Waals surface area contributed by atoms with Crippen molar-refractivity contribution in [2.45, 2.75) is 40.0 Å². The summed E-state index contributed by atoms with van der Waals surface area (Å²) in [5, 5.41) is 4.52. The predicted molar refractivity (Wildman–Crippen MR) is 119 cm³/mol. The summed E-state index contributed by atoms with van der Waals surface area (Å²) in [5.74, 6) is -0.435. The summed E-state index contributed by atoms with van der Waals surface area (Å²) in [7, 11) is 0. The summed E-state index contributed by atoms with van der Waals surface area (Å²) >= 11 is 7.32. The molecular weight excluding hydrogens is 422 g/mol. The number of aryl methyl sites for hydroxylation is 2. The Balaban J connectivity index is 1.65. The van der Waals surface area contributed by atoms with E-state index in [9.17, 15) is 9.59 Å².